The van der Waals surface area contributed by atoms with Crippen LogP contribution in [0.15, 0.2) is 24.7 Å². The molecule has 0 aromatic rings. The minimum Gasteiger partial charge on any atom is -0.475 e. The van der Waals surface area contributed by atoms with Gasteiger partial charge in [-0.15, -0.1) is 0 Å². The van der Waals surface area contributed by atoms with Crippen molar-refractivity contribution >= 4 is 11.6 Å². The SMILES string of the molecule is O=C(/C=C/OCO)CC(=O)/C=C/OCO. The van der Waals surface area contributed by atoms with Crippen molar-refractivity contribution in [2.45, 2.75) is 6.42 Å². The Morgan fingerprint density at radius 3 is 1.67 bits per heavy atom. The number of aliphatic hydroxyl groups is 2. The molecule has 0 bridgehead atoms. The highest BCUT2D eigenvalue weighted by Gasteiger charge is 2.03. The van der Waals surface area contributed by atoms with Gasteiger partial charge in [0.1, 0.15) is 0 Å². The van der Waals surface area contributed by atoms with Crippen LogP contribution in [0.3, 0.4) is 0 Å². The summed E-state index contributed by atoms with van der Waals surface area (Å²) >= 11 is 0. The van der Waals surface area contributed by atoms with Gasteiger partial charge in [0.05, 0.1) is 18.9 Å². The third-order valence-corrected chi connectivity index (χ3v) is 1.20. The van der Waals surface area contributed by atoms with E-state index in [0.29, 0.717) is 0 Å². The number of rotatable bonds is 8. The highest BCUT2D eigenvalue weighted by molar-refractivity contribution is 6.08. The summed E-state index contributed by atoms with van der Waals surface area (Å²) in [5, 5.41) is 16.4. The molecule has 6 nitrogen and oxygen atoms in total. The van der Waals surface area contributed by atoms with Gasteiger partial charge in [-0.3, -0.25) is 9.59 Å². The number of hydrogen-bond donors (Lipinski definition) is 2. The average molecular weight is 216 g/mol. The van der Waals surface area contributed by atoms with E-state index in [9.17, 15) is 9.59 Å². The van der Waals surface area contributed by atoms with Gasteiger partial charge in [0.2, 0.25) is 0 Å². The highest BCUT2D eigenvalue weighted by atomic mass is 16.6. The van der Waals surface area contributed by atoms with E-state index in [2.05, 4.69) is 9.47 Å². The van der Waals surface area contributed by atoms with Crippen molar-refractivity contribution in [2.75, 3.05) is 13.6 Å². The molecule has 0 heterocycles. The summed E-state index contributed by atoms with van der Waals surface area (Å²) < 4.78 is 8.70. The Hall–Kier alpha value is -1.66. The molecule has 0 aliphatic heterocycles. The van der Waals surface area contributed by atoms with E-state index >= 15 is 0 Å². The lowest BCUT2D eigenvalue weighted by atomic mass is 10.2. The van der Waals surface area contributed by atoms with E-state index in [1.54, 1.807) is 0 Å². The summed E-state index contributed by atoms with van der Waals surface area (Å²) in [5.41, 5.74) is 0. The maximum absolute atomic E-state index is 11.0. The predicted molar refractivity (Wildman–Crippen MR) is 49.3 cm³/mol. The molecule has 0 radical (unpaired) electrons. The van der Waals surface area contributed by atoms with Gasteiger partial charge in [-0.25, -0.2) is 0 Å². The molecule has 2 N–H and O–H groups in total. The van der Waals surface area contributed by atoms with Crippen molar-refractivity contribution in [3.05, 3.63) is 24.7 Å². The zero-order chi connectivity index (χ0) is 11.5. The van der Waals surface area contributed by atoms with Gasteiger partial charge >= 0.3 is 0 Å². The minimum atomic E-state index is -0.526. The van der Waals surface area contributed by atoms with E-state index in [-0.39, 0.29) is 6.42 Å². The number of aliphatic hydroxyl groups excluding tert-OH is 2. The third-order valence-electron chi connectivity index (χ3n) is 1.20. The maximum Gasteiger partial charge on any atom is 0.185 e. The Balaban J connectivity index is 3.81. The molecule has 6 heteroatoms. The molecule has 0 fully saturated rings. The number of hydrogen-bond acceptors (Lipinski definition) is 6. The monoisotopic (exact) mass is 216 g/mol. The number of carbonyl (C=O) groups is 2. The van der Waals surface area contributed by atoms with E-state index in [1.165, 1.54) is 0 Å². The number of ether oxygens (including phenoxy) is 2. The largest absolute Gasteiger partial charge is 0.475 e. The average Bonchev–Trinajstić information content (AvgIpc) is 2.18. The number of ketones is 2. The second-order valence-electron chi connectivity index (χ2n) is 2.31. The molecule has 0 saturated carbocycles. The summed E-state index contributed by atoms with van der Waals surface area (Å²) in [6.45, 7) is -1.05. The van der Waals surface area contributed by atoms with E-state index in [0.717, 1.165) is 24.7 Å². The Morgan fingerprint density at radius 1 is 0.933 bits per heavy atom. The van der Waals surface area contributed by atoms with Crippen molar-refractivity contribution in [1.29, 1.82) is 0 Å². The second-order valence-corrected chi connectivity index (χ2v) is 2.31. The van der Waals surface area contributed by atoms with Crippen LogP contribution in [0, 0.1) is 0 Å². The van der Waals surface area contributed by atoms with E-state index in [4.69, 9.17) is 10.2 Å². The molecular formula is C9H12O6. The standard InChI is InChI=1S/C9H12O6/c10-6-14-3-1-8(12)5-9(13)2-4-15-7-11/h1-4,10-11H,5-7H2/b3-1+,4-2+. The quantitative estimate of drug-likeness (QED) is 0.245. The zero-order valence-corrected chi connectivity index (χ0v) is 7.96. The summed E-state index contributed by atoms with van der Waals surface area (Å²) in [6.07, 6.45) is 3.76. The normalized spacial score (nSPS) is 10.8. The van der Waals surface area contributed by atoms with Crippen molar-refractivity contribution in [3.63, 3.8) is 0 Å². The molecule has 0 aromatic heterocycles. The molecule has 0 atom stereocenters. The molecule has 0 aliphatic carbocycles. The Kier molecular flexibility index (Phi) is 7.93. The summed E-state index contributed by atoms with van der Waals surface area (Å²) in [7, 11) is 0. The minimum absolute atomic E-state index is 0.323. The Bertz CT molecular complexity index is 229. The molecular weight excluding hydrogens is 204 g/mol. The van der Waals surface area contributed by atoms with E-state index in [1.807, 2.05) is 0 Å². The van der Waals surface area contributed by atoms with Crippen molar-refractivity contribution in [3.8, 4) is 0 Å². The first-order valence-corrected chi connectivity index (χ1v) is 4.04. The van der Waals surface area contributed by atoms with Crippen LogP contribution < -0.4 is 0 Å². The number of carbonyl (C=O) groups excluding carboxylic acids is 2. The molecule has 0 saturated heterocycles. The van der Waals surface area contributed by atoms with Crippen LogP contribution in [0.25, 0.3) is 0 Å². The third kappa shape index (κ3) is 8.66. The molecule has 0 rings (SSSR count). The molecule has 0 aromatic carbocycles. The van der Waals surface area contributed by atoms with Crippen LogP contribution in [-0.2, 0) is 19.1 Å². The van der Waals surface area contributed by atoms with Crippen LogP contribution in [0.1, 0.15) is 6.42 Å². The second kappa shape index (κ2) is 8.92. The number of allylic oxidation sites excluding steroid dienone is 2. The van der Waals surface area contributed by atoms with Gasteiger partial charge in [-0.05, 0) is 0 Å². The maximum atomic E-state index is 11.0. The Labute approximate surface area is 86.4 Å². The molecule has 84 valence electrons. The first-order chi connectivity index (χ1) is 7.20. The van der Waals surface area contributed by atoms with Crippen LogP contribution in [0.2, 0.25) is 0 Å². The summed E-state index contributed by atoms with van der Waals surface area (Å²) in [6, 6.07) is 0. The summed E-state index contributed by atoms with van der Waals surface area (Å²) in [4.78, 5) is 21.9. The first-order valence-electron chi connectivity index (χ1n) is 4.04. The van der Waals surface area contributed by atoms with Crippen LogP contribution in [0.4, 0.5) is 0 Å². The molecule has 0 amide bonds. The lowest BCUT2D eigenvalue weighted by Gasteiger charge is -1.93. The lowest BCUT2D eigenvalue weighted by molar-refractivity contribution is -0.122. The van der Waals surface area contributed by atoms with Gasteiger partial charge < -0.3 is 19.7 Å². The van der Waals surface area contributed by atoms with Crippen LogP contribution >= 0.6 is 0 Å². The van der Waals surface area contributed by atoms with Crippen molar-refractivity contribution < 1.29 is 29.3 Å². The van der Waals surface area contributed by atoms with Gasteiger partial charge in [0, 0.05) is 12.2 Å². The highest BCUT2D eigenvalue weighted by Crippen LogP contribution is 1.91. The molecule has 0 unspecified atom stereocenters. The fourth-order valence-electron chi connectivity index (χ4n) is 0.624. The fourth-order valence-corrected chi connectivity index (χ4v) is 0.624. The molecule has 15 heavy (non-hydrogen) atoms. The molecule has 0 spiro atoms. The van der Waals surface area contributed by atoms with Crippen molar-refractivity contribution in [2.24, 2.45) is 0 Å². The Morgan fingerprint density at radius 2 is 1.33 bits per heavy atom. The topological polar surface area (TPSA) is 93.1 Å². The fraction of sp³-hybridized carbons (Fsp3) is 0.333. The smallest absolute Gasteiger partial charge is 0.185 e. The van der Waals surface area contributed by atoms with Gasteiger partial charge in [-0.2, -0.15) is 0 Å². The van der Waals surface area contributed by atoms with Gasteiger partial charge in [-0.1, -0.05) is 0 Å². The predicted octanol–water partition coefficient (Wildman–Crippen LogP) is -0.525. The van der Waals surface area contributed by atoms with E-state index < -0.39 is 25.2 Å². The van der Waals surface area contributed by atoms with Crippen LogP contribution in [0.5, 0.6) is 0 Å². The van der Waals surface area contributed by atoms with Crippen LogP contribution in [-0.4, -0.2) is 35.4 Å². The van der Waals surface area contributed by atoms with Gasteiger partial charge in [0.15, 0.2) is 25.2 Å². The lowest BCUT2D eigenvalue weighted by Crippen LogP contribution is -2.02. The molecule has 0 aliphatic rings. The summed E-state index contributed by atoms with van der Waals surface area (Å²) in [5.74, 6) is -0.913. The van der Waals surface area contributed by atoms with Gasteiger partial charge in [0.25, 0.3) is 0 Å². The first kappa shape index (κ1) is 13.3. The zero-order valence-electron chi connectivity index (χ0n) is 7.96. The van der Waals surface area contributed by atoms with Crippen molar-refractivity contribution in [1.82, 2.24) is 0 Å².